The van der Waals surface area contributed by atoms with Gasteiger partial charge in [0.2, 0.25) is 5.88 Å². The predicted octanol–water partition coefficient (Wildman–Crippen LogP) is 5.35. The molecule has 1 saturated heterocycles. The average Bonchev–Trinajstić information content (AvgIpc) is 3.09. The van der Waals surface area contributed by atoms with Crippen molar-refractivity contribution in [3.8, 4) is 0 Å². The third kappa shape index (κ3) is 3.33. The van der Waals surface area contributed by atoms with Crippen LogP contribution in [0.5, 0.6) is 0 Å². The number of halogens is 2. The second-order valence-electron chi connectivity index (χ2n) is 5.19. The number of furan rings is 1. The molecule has 0 spiro atoms. The SMILES string of the molecule is Cc1ccc(N=Cc2cc(Br)c(N3CCCC3)o2)cc1Cl. The quantitative estimate of drug-likeness (QED) is 0.684. The summed E-state index contributed by atoms with van der Waals surface area (Å²) in [6, 6.07) is 7.71. The fourth-order valence-corrected chi connectivity index (χ4v) is 3.11. The summed E-state index contributed by atoms with van der Waals surface area (Å²) in [5.41, 5.74) is 1.87. The average molecular weight is 368 g/mol. The van der Waals surface area contributed by atoms with Crippen LogP contribution < -0.4 is 4.90 Å². The van der Waals surface area contributed by atoms with Crippen molar-refractivity contribution in [2.24, 2.45) is 4.99 Å². The van der Waals surface area contributed by atoms with Gasteiger partial charge in [-0.25, -0.2) is 0 Å². The zero-order valence-electron chi connectivity index (χ0n) is 11.8. The van der Waals surface area contributed by atoms with Gasteiger partial charge in [0.15, 0.2) is 0 Å². The summed E-state index contributed by atoms with van der Waals surface area (Å²) in [6.07, 6.45) is 4.17. The molecule has 0 atom stereocenters. The zero-order valence-corrected chi connectivity index (χ0v) is 14.1. The van der Waals surface area contributed by atoms with Crippen molar-refractivity contribution in [2.45, 2.75) is 19.8 Å². The summed E-state index contributed by atoms with van der Waals surface area (Å²) in [5.74, 6) is 1.64. The van der Waals surface area contributed by atoms with E-state index in [0.29, 0.717) is 0 Å². The maximum absolute atomic E-state index is 6.10. The molecule has 0 N–H and O–H groups in total. The molecule has 1 aliphatic heterocycles. The molecule has 5 heteroatoms. The molecule has 1 aliphatic rings. The molecule has 1 aromatic heterocycles. The molecule has 0 aliphatic carbocycles. The van der Waals surface area contributed by atoms with Crippen LogP contribution in [0.4, 0.5) is 11.6 Å². The lowest BCUT2D eigenvalue weighted by atomic mass is 10.2. The molecule has 2 heterocycles. The van der Waals surface area contributed by atoms with Gasteiger partial charge in [-0.1, -0.05) is 17.7 Å². The topological polar surface area (TPSA) is 28.7 Å². The van der Waals surface area contributed by atoms with Gasteiger partial charge in [0.1, 0.15) is 5.76 Å². The lowest BCUT2D eigenvalue weighted by molar-refractivity contribution is 0.549. The third-order valence-corrected chi connectivity index (χ3v) is 4.55. The van der Waals surface area contributed by atoms with Gasteiger partial charge in [0.25, 0.3) is 0 Å². The summed E-state index contributed by atoms with van der Waals surface area (Å²) in [4.78, 5) is 6.67. The smallest absolute Gasteiger partial charge is 0.210 e. The van der Waals surface area contributed by atoms with E-state index in [0.717, 1.165) is 45.5 Å². The minimum absolute atomic E-state index is 0.725. The Bertz CT molecular complexity index is 675. The Morgan fingerprint density at radius 2 is 2.05 bits per heavy atom. The molecule has 3 nitrogen and oxygen atoms in total. The third-order valence-electron chi connectivity index (χ3n) is 3.58. The van der Waals surface area contributed by atoms with Crippen molar-refractivity contribution in [1.29, 1.82) is 0 Å². The molecule has 1 fully saturated rings. The highest BCUT2D eigenvalue weighted by Gasteiger charge is 2.19. The van der Waals surface area contributed by atoms with E-state index in [1.807, 2.05) is 31.2 Å². The van der Waals surface area contributed by atoms with Crippen molar-refractivity contribution < 1.29 is 4.42 Å². The van der Waals surface area contributed by atoms with Crippen LogP contribution in [0.1, 0.15) is 24.2 Å². The van der Waals surface area contributed by atoms with E-state index in [1.165, 1.54) is 12.8 Å². The molecule has 0 amide bonds. The monoisotopic (exact) mass is 366 g/mol. The van der Waals surface area contributed by atoms with E-state index in [4.69, 9.17) is 16.0 Å². The molecule has 0 radical (unpaired) electrons. The standard InChI is InChI=1S/C16H16BrClN2O/c1-11-4-5-12(8-15(11)18)19-10-13-9-14(17)16(21-13)20-6-2-3-7-20/h4-5,8-10H,2-3,6-7H2,1H3. The van der Waals surface area contributed by atoms with Gasteiger partial charge < -0.3 is 9.32 Å². The molecule has 0 unspecified atom stereocenters. The number of nitrogens with zero attached hydrogens (tertiary/aromatic N) is 2. The molecule has 1 aromatic carbocycles. The van der Waals surface area contributed by atoms with Gasteiger partial charge in [-0.15, -0.1) is 0 Å². The molecule has 0 saturated carbocycles. The summed E-state index contributed by atoms with van der Waals surface area (Å²) >= 11 is 9.66. The number of rotatable bonds is 3. The number of aliphatic imine (C=N–C) groups is 1. The number of aryl methyl sites for hydroxylation is 1. The molecular formula is C16H16BrClN2O. The normalized spacial score (nSPS) is 15.3. The van der Waals surface area contributed by atoms with Gasteiger partial charge in [-0.2, -0.15) is 0 Å². The van der Waals surface area contributed by atoms with Gasteiger partial charge in [0, 0.05) is 24.2 Å². The van der Waals surface area contributed by atoms with Crippen LogP contribution >= 0.6 is 27.5 Å². The number of hydrogen-bond acceptors (Lipinski definition) is 3. The van der Waals surface area contributed by atoms with E-state index in [2.05, 4.69) is 25.8 Å². The van der Waals surface area contributed by atoms with E-state index in [9.17, 15) is 0 Å². The summed E-state index contributed by atoms with van der Waals surface area (Å²) in [5, 5.41) is 0.725. The molecular weight excluding hydrogens is 352 g/mol. The van der Waals surface area contributed by atoms with E-state index >= 15 is 0 Å². The Morgan fingerprint density at radius 3 is 2.76 bits per heavy atom. The van der Waals surface area contributed by atoms with Crippen LogP contribution in [0.2, 0.25) is 5.02 Å². The van der Waals surface area contributed by atoms with Crippen LogP contribution in [0, 0.1) is 6.92 Å². The van der Waals surface area contributed by atoms with Gasteiger partial charge in [-0.05, 0) is 53.4 Å². The van der Waals surface area contributed by atoms with Crippen LogP contribution in [-0.2, 0) is 0 Å². The zero-order chi connectivity index (χ0) is 14.8. The van der Waals surface area contributed by atoms with Crippen LogP contribution in [0.15, 0.2) is 38.1 Å². The van der Waals surface area contributed by atoms with Crippen molar-refractivity contribution >= 4 is 45.3 Å². The van der Waals surface area contributed by atoms with E-state index < -0.39 is 0 Å². The number of hydrogen-bond donors (Lipinski definition) is 0. The summed E-state index contributed by atoms with van der Waals surface area (Å²) in [7, 11) is 0. The maximum atomic E-state index is 6.10. The first-order valence-corrected chi connectivity index (χ1v) is 8.15. The van der Waals surface area contributed by atoms with Crippen LogP contribution in [-0.4, -0.2) is 19.3 Å². The van der Waals surface area contributed by atoms with Crippen molar-refractivity contribution in [3.05, 3.63) is 45.1 Å². The number of benzene rings is 1. The Labute approximate surface area is 137 Å². The van der Waals surface area contributed by atoms with E-state index in [-0.39, 0.29) is 0 Å². The minimum Gasteiger partial charge on any atom is -0.438 e. The van der Waals surface area contributed by atoms with Crippen molar-refractivity contribution in [3.63, 3.8) is 0 Å². The highest BCUT2D eigenvalue weighted by molar-refractivity contribution is 9.10. The lowest BCUT2D eigenvalue weighted by Crippen LogP contribution is -2.17. The van der Waals surface area contributed by atoms with Crippen LogP contribution in [0.3, 0.4) is 0 Å². The minimum atomic E-state index is 0.725. The lowest BCUT2D eigenvalue weighted by Gasteiger charge is -2.13. The predicted molar refractivity (Wildman–Crippen MR) is 91.3 cm³/mol. The van der Waals surface area contributed by atoms with Crippen LogP contribution in [0.25, 0.3) is 0 Å². The highest BCUT2D eigenvalue weighted by Crippen LogP contribution is 2.32. The molecule has 21 heavy (non-hydrogen) atoms. The first kappa shape index (κ1) is 14.7. The second-order valence-corrected chi connectivity index (χ2v) is 6.45. The van der Waals surface area contributed by atoms with Gasteiger partial charge >= 0.3 is 0 Å². The van der Waals surface area contributed by atoms with Gasteiger partial charge in [-0.3, -0.25) is 4.99 Å². The highest BCUT2D eigenvalue weighted by atomic mass is 79.9. The maximum Gasteiger partial charge on any atom is 0.210 e. The van der Waals surface area contributed by atoms with Crippen molar-refractivity contribution in [1.82, 2.24) is 0 Å². The molecule has 0 bridgehead atoms. The second kappa shape index (κ2) is 6.24. The molecule has 110 valence electrons. The fourth-order valence-electron chi connectivity index (χ4n) is 2.38. The largest absolute Gasteiger partial charge is 0.438 e. The molecule has 2 aromatic rings. The van der Waals surface area contributed by atoms with Gasteiger partial charge in [0.05, 0.1) is 16.4 Å². The summed E-state index contributed by atoms with van der Waals surface area (Å²) < 4.78 is 6.85. The molecule has 3 rings (SSSR count). The fraction of sp³-hybridized carbons (Fsp3) is 0.312. The Morgan fingerprint density at radius 1 is 1.29 bits per heavy atom. The number of anilines is 1. The first-order chi connectivity index (χ1) is 10.1. The first-order valence-electron chi connectivity index (χ1n) is 6.98. The summed E-state index contributed by atoms with van der Waals surface area (Å²) in [6.45, 7) is 4.08. The Balaban J connectivity index is 1.79. The Hall–Kier alpha value is -1.26. The van der Waals surface area contributed by atoms with Crippen molar-refractivity contribution in [2.75, 3.05) is 18.0 Å². The van der Waals surface area contributed by atoms with E-state index in [1.54, 1.807) is 6.21 Å². The Kier molecular flexibility index (Phi) is 4.36.